The number of rotatable bonds is 4. The van der Waals surface area contributed by atoms with Gasteiger partial charge in [0.25, 0.3) is 0 Å². The standard InChI is InChI=1S/C11H19N3S/c1-2-9-8-15-11(14-9)7-13-10-4-3-5-12-6-10/h8,10,12-13H,2-7H2,1H3. The zero-order chi connectivity index (χ0) is 10.5. The van der Waals surface area contributed by atoms with Crippen LogP contribution in [0.3, 0.4) is 0 Å². The lowest BCUT2D eigenvalue weighted by Crippen LogP contribution is -2.42. The number of nitrogens with one attached hydrogen (secondary N) is 2. The van der Waals surface area contributed by atoms with Gasteiger partial charge >= 0.3 is 0 Å². The van der Waals surface area contributed by atoms with Crippen LogP contribution < -0.4 is 10.6 Å². The quantitative estimate of drug-likeness (QED) is 0.816. The summed E-state index contributed by atoms with van der Waals surface area (Å²) >= 11 is 1.77. The number of aryl methyl sites for hydroxylation is 1. The molecule has 0 saturated carbocycles. The van der Waals surface area contributed by atoms with E-state index in [1.807, 2.05) is 0 Å². The molecule has 0 bridgehead atoms. The molecule has 0 aromatic carbocycles. The first-order valence-corrected chi connectivity index (χ1v) is 6.64. The van der Waals surface area contributed by atoms with Gasteiger partial charge in [-0.25, -0.2) is 4.98 Å². The molecule has 1 aromatic rings. The predicted molar refractivity (Wildman–Crippen MR) is 64.2 cm³/mol. The molecule has 1 atom stereocenters. The van der Waals surface area contributed by atoms with Crippen molar-refractivity contribution in [2.45, 2.75) is 38.8 Å². The van der Waals surface area contributed by atoms with Crippen molar-refractivity contribution in [3.63, 3.8) is 0 Å². The molecule has 2 N–H and O–H groups in total. The van der Waals surface area contributed by atoms with Crippen LogP contribution in [0.4, 0.5) is 0 Å². The van der Waals surface area contributed by atoms with Crippen molar-refractivity contribution in [2.75, 3.05) is 13.1 Å². The zero-order valence-corrected chi connectivity index (χ0v) is 10.1. The fourth-order valence-corrected chi connectivity index (χ4v) is 2.68. The Balaban J connectivity index is 1.76. The van der Waals surface area contributed by atoms with Crippen LogP contribution in [0.2, 0.25) is 0 Å². The third-order valence-electron chi connectivity index (χ3n) is 2.80. The Bertz CT molecular complexity index is 292. The fourth-order valence-electron chi connectivity index (χ4n) is 1.85. The van der Waals surface area contributed by atoms with E-state index < -0.39 is 0 Å². The Morgan fingerprint density at radius 3 is 3.27 bits per heavy atom. The second kappa shape index (κ2) is 5.58. The van der Waals surface area contributed by atoms with Gasteiger partial charge in [-0.3, -0.25) is 0 Å². The highest BCUT2D eigenvalue weighted by atomic mass is 32.1. The number of nitrogens with zero attached hydrogens (tertiary/aromatic N) is 1. The van der Waals surface area contributed by atoms with Gasteiger partial charge in [-0.2, -0.15) is 0 Å². The first kappa shape index (κ1) is 11.0. The SMILES string of the molecule is CCc1csc(CNC2CCCNC2)n1. The van der Waals surface area contributed by atoms with E-state index in [1.165, 1.54) is 30.1 Å². The van der Waals surface area contributed by atoms with Crippen molar-refractivity contribution in [3.8, 4) is 0 Å². The van der Waals surface area contributed by atoms with Crippen LogP contribution in [0.25, 0.3) is 0 Å². The van der Waals surface area contributed by atoms with Gasteiger partial charge in [0.05, 0.1) is 5.69 Å². The lowest BCUT2D eigenvalue weighted by molar-refractivity contribution is 0.389. The van der Waals surface area contributed by atoms with Crippen molar-refractivity contribution in [1.82, 2.24) is 15.6 Å². The molecule has 84 valence electrons. The first-order valence-electron chi connectivity index (χ1n) is 5.76. The minimum Gasteiger partial charge on any atom is -0.315 e. The van der Waals surface area contributed by atoms with Crippen molar-refractivity contribution >= 4 is 11.3 Å². The first-order chi connectivity index (χ1) is 7.38. The Morgan fingerprint density at radius 2 is 2.60 bits per heavy atom. The molecule has 0 aliphatic carbocycles. The summed E-state index contributed by atoms with van der Waals surface area (Å²) in [4.78, 5) is 4.55. The Kier molecular flexibility index (Phi) is 4.11. The second-order valence-corrected chi connectivity index (χ2v) is 4.95. The van der Waals surface area contributed by atoms with Crippen LogP contribution in [0.15, 0.2) is 5.38 Å². The summed E-state index contributed by atoms with van der Waals surface area (Å²) in [7, 11) is 0. The summed E-state index contributed by atoms with van der Waals surface area (Å²) in [6.07, 6.45) is 3.62. The summed E-state index contributed by atoms with van der Waals surface area (Å²) < 4.78 is 0. The van der Waals surface area contributed by atoms with Gasteiger partial charge < -0.3 is 10.6 Å². The number of hydrogen-bond donors (Lipinski definition) is 2. The molecular weight excluding hydrogens is 206 g/mol. The third-order valence-corrected chi connectivity index (χ3v) is 3.70. The van der Waals surface area contributed by atoms with Crippen LogP contribution in [0.1, 0.15) is 30.5 Å². The summed E-state index contributed by atoms with van der Waals surface area (Å²) in [5.74, 6) is 0. The third kappa shape index (κ3) is 3.26. The molecule has 2 heterocycles. The highest BCUT2D eigenvalue weighted by Crippen LogP contribution is 2.10. The van der Waals surface area contributed by atoms with Gasteiger partial charge in [-0.05, 0) is 25.8 Å². The van der Waals surface area contributed by atoms with E-state index in [2.05, 4.69) is 27.9 Å². The summed E-state index contributed by atoms with van der Waals surface area (Å²) in [6.45, 7) is 5.36. The molecule has 1 unspecified atom stereocenters. The van der Waals surface area contributed by atoms with E-state index >= 15 is 0 Å². The second-order valence-electron chi connectivity index (χ2n) is 4.01. The van der Waals surface area contributed by atoms with Crippen molar-refractivity contribution in [2.24, 2.45) is 0 Å². The molecule has 1 saturated heterocycles. The van der Waals surface area contributed by atoms with Crippen molar-refractivity contribution in [1.29, 1.82) is 0 Å². The molecule has 0 amide bonds. The van der Waals surface area contributed by atoms with Gasteiger partial charge in [0.15, 0.2) is 0 Å². The number of aromatic nitrogens is 1. The van der Waals surface area contributed by atoms with Gasteiger partial charge in [0, 0.05) is 24.5 Å². The molecular formula is C11H19N3S. The van der Waals surface area contributed by atoms with Gasteiger partial charge in [0.2, 0.25) is 0 Å². The van der Waals surface area contributed by atoms with E-state index in [9.17, 15) is 0 Å². The molecule has 4 heteroatoms. The fraction of sp³-hybridized carbons (Fsp3) is 0.727. The van der Waals surface area contributed by atoms with Crippen LogP contribution in [-0.2, 0) is 13.0 Å². The summed E-state index contributed by atoms with van der Waals surface area (Å²) in [5.41, 5.74) is 1.22. The topological polar surface area (TPSA) is 37.0 Å². The average molecular weight is 225 g/mol. The molecule has 1 aliphatic rings. The monoisotopic (exact) mass is 225 g/mol. The molecule has 15 heavy (non-hydrogen) atoms. The van der Waals surface area contributed by atoms with E-state index in [1.54, 1.807) is 11.3 Å². The van der Waals surface area contributed by atoms with E-state index in [0.29, 0.717) is 6.04 Å². The highest BCUT2D eigenvalue weighted by Gasteiger charge is 2.12. The van der Waals surface area contributed by atoms with Gasteiger partial charge in [-0.1, -0.05) is 6.92 Å². The minimum absolute atomic E-state index is 0.632. The Hall–Kier alpha value is -0.450. The zero-order valence-electron chi connectivity index (χ0n) is 9.25. The predicted octanol–water partition coefficient (Wildman–Crippen LogP) is 1.55. The molecule has 1 aliphatic heterocycles. The molecule has 1 fully saturated rings. The number of thiazole rings is 1. The smallest absolute Gasteiger partial charge is 0.107 e. The van der Waals surface area contributed by atoms with Gasteiger partial charge in [0.1, 0.15) is 5.01 Å². The van der Waals surface area contributed by atoms with Crippen molar-refractivity contribution < 1.29 is 0 Å². The summed E-state index contributed by atoms with van der Waals surface area (Å²) in [5, 5.41) is 10.4. The van der Waals surface area contributed by atoms with Crippen molar-refractivity contribution in [3.05, 3.63) is 16.1 Å². The molecule has 1 aromatic heterocycles. The Morgan fingerprint density at radius 1 is 1.67 bits per heavy atom. The molecule has 3 nitrogen and oxygen atoms in total. The van der Waals surface area contributed by atoms with Crippen LogP contribution in [-0.4, -0.2) is 24.1 Å². The lowest BCUT2D eigenvalue weighted by Gasteiger charge is -2.23. The number of hydrogen-bond acceptors (Lipinski definition) is 4. The van der Waals surface area contributed by atoms with Crippen LogP contribution in [0.5, 0.6) is 0 Å². The maximum Gasteiger partial charge on any atom is 0.107 e. The van der Waals surface area contributed by atoms with E-state index in [-0.39, 0.29) is 0 Å². The van der Waals surface area contributed by atoms with Crippen LogP contribution >= 0.6 is 11.3 Å². The average Bonchev–Trinajstić information content (AvgIpc) is 2.76. The lowest BCUT2D eigenvalue weighted by atomic mass is 10.1. The molecule has 0 spiro atoms. The molecule has 2 rings (SSSR count). The Labute approximate surface area is 95.3 Å². The largest absolute Gasteiger partial charge is 0.315 e. The highest BCUT2D eigenvalue weighted by molar-refractivity contribution is 7.09. The normalized spacial score (nSPS) is 21.8. The van der Waals surface area contributed by atoms with E-state index in [0.717, 1.165) is 19.5 Å². The maximum absolute atomic E-state index is 4.55. The minimum atomic E-state index is 0.632. The summed E-state index contributed by atoms with van der Waals surface area (Å²) in [6, 6.07) is 0.632. The van der Waals surface area contributed by atoms with Crippen LogP contribution in [0, 0.1) is 0 Å². The number of piperidine rings is 1. The van der Waals surface area contributed by atoms with E-state index in [4.69, 9.17) is 0 Å². The molecule has 0 radical (unpaired) electrons. The maximum atomic E-state index is 4.55. The van der Waals surface area contributed by atoms with Gasteiger partial charge in [-0.15, -0.1) is 11.3 Å².